The van der Waals surface area contributed by atoms with Gasteiger partial charge < -0.3 is 15.0 Å². The number of benzene rings is 2. The van der Waals surface area contributed by atoms with Crippen LogP contribution in [0.2, 0.25) is 0 Å². The second-order valence-electron chi connectivity index (χ2n) is 9.32. The predicted octanol–water partition coefficient (Wildman–Crippen LogP) is 3.56. The lowest BCUT2D eigenvalue weighted by molar-refractivity contribution is 0.0531. The Morgan fingerprint density at radius 2 is 1.89 bits per heavy atom. The van der Waals surface area contributed by atoms with Gasteiger partial charge in [-0.25, -0.2) is 8.78 Å². The van der Waals surface area contributed by atoms with Gasteiger partial charge in [0.2, 0.25) is 5.43 Å². The number of hydrogen-bond donors (Lipinski definition) is 1. The summed E-state index contributed by atoms with van der Waals surface area (Å²) in [5.74, 6) is -2.83. The van der Waals surface area contributed by atoms with E-state index < -0.39 is 23.0 Å². The molecule has 10 heteroatoms. The molecule has 0 bridgehead atoms. The third kappa shape index (κ3) is 4.73. The summed E-state index contributed by atoms with van der Waals surface area (Å²) >= 11 is 0. The van der Waals surface area contributed by atoms with E-state index in [1.165, 1.54) is 12.3 Å². The number of pyridine rings is 1. The molecule has 198 valence electrons. The van der Waals surface area contributed by atoms with E-state index in [4.69, 9.17) is 4.74 Å². The Kier molecular flexibility index (Phi) is 7.13. The molecule has 2 aliphatic heterocycles. The van der Waals surface area contributed by atoms with Crippen molar-refractivity contribution in [1.82, 2.24) is 14.9 Å². The number of amides is 2. The summed E-state index contributed by atoms with van der Waals surface area (Å²) in [6, 6.07) is 12.2. The van der Waals surface area contributed by atoms with E-state index in [-0.39, 0.29) is 47.8 Å². The maximum Gasteiger partial charge on any atom is 0.278 e. The topological polar surface area (TPSA) is 83.9 Å². The quantitative estimate of drug-likeness (QED) is 0.513. The summed E-state index contributed by atoms with van der Waals surface area (Å²) in [6.45, 7) is 2.75. The zero-order valence-electron chi connectivity index (χ0n) is 21.0. The van der Waals surface area contributed by atoms with Crippen LogP contribution in [0.3, 0.4) is 0 Å². The molecule has 1 aromatic heterocycles. The van der Waals surface area contributed by atoms with Crippen molar-refractivity contribution in [3.05, 3.63) is 99.0 Å². The first-order chi connectivity index (χ1) is 18.4. The Bertz CT molecular complexity index is 1430. The molecule has 2 aliphatic rings. The highest BCUT2D eigenvalue weighted by Crippen LogP contribution is 2.30. The van der Waals surface area contributed by atoms with Crippen LogP contribution in [0.5, 0.6) is 5.75 Å². The number of piperidine rings is 1. The summed E-state index contributed by atoms with van der Waals surface area (Å²) in [5, 5.41) is 4.52. The molecule has 0 radical (unpaired) electrons. The SMILES string of the molecule is CCN1C(=O)c2c(OCc3ccccc3)c(=O)c(C(=O)NCc3ccc(F)cc3F)cn2N2CCCC[C@@H]12. The molecule has 8 nitrogen and oxygen atoms in total. The molecule has 38 heavy (non-hydrogen) atoms. The summed E-state index contributed by atoms with van der Waals surface area (Å²) in [7, 11) is 0. The molecular weight excluding hydrogens is 494 g/mol. The summed E-state index contributed by atoms with van der Waals surface area (Å²) in [4.78, 5) is 42.2. The van der Waals surface area contributed by atoms with Gasteiger partial charge in [0, 0.05) is 37.5 Å². The van der Waals surface area contributed by atoms with Crippen molar-refractivity contribution in [2.45, 2.75) is 45.5 Å². The van der Waals surface area contributed by atoms with Crippen LogP contribution in [0.1, 0.15) is 58.2 Å². The highest BCUT2D eigenvalue weighted by atomic mass is 19.1. The largest absolute Gasteiger partial charge is 0.482 e. The molecule has 1 N–H and O–H groups in total. The van der Waals surface area contributed by atoms with E-state index in [0.717, 1.165) is 37.0 Å². The highest BCUT2D eigenvalue weighted by Gasteiger charge is 2.41. The van der Waals surface area contributed by atoms with Crippen LogP contribution < -0.4 is 20.5 Å². The van der Waals surface area contributed by atoms with Crippen LogP contribution in [0, 0.1) is 11.6 Å². The zero-order valence-corrected chi connectivity index (χ0v) is 21.0. The number of hydrogen-bond acceptors (Lipinski definition) is 5. The number of carbonyl (C=O) groups is 2. The summed E-state index contributed by atoms with van der Waals surface area (Å²) < 4.78 is 34.9. The molecule has 1 atom stereocenters. The lowest BCUT2D eigenvalue weighted by atomic mass is 10.0. The molecule has 0 aliphatic carbocycles. The fourth-order valence-corrected chi connectivity index (χ4v) is 5.03. The second kappa shape index (κ2) is 10.6. The standard InChI is InChI=1S/C28H28F2N4O4/c1-2-32-23-10-6-7-13-33(23)34-16-21(27(36)31-15-19-11-12-20(29)14-22(19)30)25(35)26(24(34)28(32)37)38-17-18-8-4-3-5-9-18/h3-5,8-9,11-12,14,16,23H,2,6-7,10,13,15,17H2,1H3,(H,31,36)/t23-/m0/s1. The van der Waals surface area contributed by atoms with Crippen LogP contribution in [0.15, 0.2) is 59.5 Å². The molecule has 3 heterocycles. The number of aromatic nitrogens is 1. The molecular formula is C28H28F2N4O4. The minimum absolute atomic E-state index is 0.0256. The number of ether oxygens (including phenoxy) is 1. The van der Waals surface area contributed by atoms with E-state index in [1.807, 2.05) is 42.3 Å². The van der Waals surface area contributed by atoms with Crippen LogP contribution >= 0.6 is 0 Å². The van der Waals surface area contributed by atoms with Crippen molar-refractivity contribution >= 4 is 11.8 Å². The van der Waals surface area contributed by atoms with Gasteiger partial charge in [-0.1, -0.05) is 36.4 Å². The van der Waals surface area contributed by atoms with Crippen LogP contribution in [-0.4, -0.2) is 40.6 Å². The number of halogens is 2. The zero-order chi connectivity index (χ0) is 26.8. The van der Waals surface area contributed by atoms with Gasteiger partial charge in [0.15, 0.2) is 11.4 Å². The number of rotatable bonds is 7. The van der Waals surface area contributed by atoms with Crippen LogP contribution in [0.4, 0.5) is 8.78 Å². The lowest BCUT2D eigenvalue weighted by Crippen LogP contribution is -2.63. The van der Waals surface area contributed by atoms with Crippen molar-refractivity contribution in [2.24, 2.45) is 0 Å². The molecule has 3 aromatic rings. The van der Waals surface area contributed by atoms with Crippen LogP contribution in [0.25, 0.3) is 0 Å². The van der Waals surface area contributed by atoms with E-state index >= 15 is 0 Å². The Morgan fingerprint density at radius 3 is 2.63 bits per heavy atom. The maximum atomic E-state index is 14.1. The Labute approximate surface area is 218 Å². The van der Waals surface area contributed by atoms with Crippen molar-refractivity contribution < 1.29 is 23.1 Å². The van der Waals surface area contributed by atoms with Gasteiger partial charge in [-0.05, 0) is 37.8 Å². The second-order valence-corrected chi connectivity index (χ2v) is 9.32. The van der Waals surface area contributed by atoms with Crippen molar-refractivity contribution in [3.8, 4) is 5.75 Å². The Morgan fingerprint density at radius 1 is 1.11 bits per heavy atom. The predicted molar refractivity (Wildman–Crippen MR) is 136 cm³/mol. The smallest absolute Gasteiger partial charge is 0.278 e. The number of fused-ring (bicyclic) bond motifs is 3. The molecule has 2 amide bonds. The van der Waals surface area contributed by atoms with E-state index in [2.05, 4.69) is 5.32 Å². The molecule has 1 saturated heterocycles. The minimum atomic E-state index is -0.805. The average molecular weight is 523 g/mol. The van der Waals surface area contributed by atoms with Crippen molar-refractivity contribution in [1.29, 1.82) is 0 Å². The summed E-state index contributed by atoms with van der Waals surface area (Å²) in [5.41, 5.74) is -0.0282. The Balaban J connectivity index is 1.55. The molecule has 1 fully saturated rings. The molecule has 0 saturated carbocycles. The summed E-state index contributed by atoms with van der Waals surface area (Å²) in [6.07, 6.45) is 3.76. The first-order valence-electron chi connectivity index (χ1n) is 12.7. The third-order valence-electron chi connectivity index (χ3n) is 6.96. The third-order valence-corrected chi connectivity index (χ3v) is 6.96. The molecule has 2 aromatic carbocycles. The first-order valence-corrected chi connectivity index (χ1v) is 12.7. The Hall–Kier alpha value is -4.21. The van der Waals surface area contributed by atoms with Crippen LogP contribution in [-0.2, 0) is 13.2 Å². The van der Waals surface area contributed by atoms with E-state index in [1.54, 1.807) is 9.58 Å². The fraction of sp³-hybridized carbons (Fsp3) is 0.321. The van der Waals surface area contributed by atoms with Crippen molar-refractivity contribution in [2.75, 3.05) is 18.1 Å². The monoisotopic (exact) mass is 522 g/mol. The molecule has 5 rings (SSSR count). The van der Waals surface area contributed by atoms with Gasteiger partial charge in [-0.15, -0.1) is 0 Å². The minimum Gasteiger partial charge on any atom is -0.482 e. The van der Waals surface area contributed by atoms with Gasteiger partial charge in [0.1, 0.15) is 30.0 Å². The highest BCUT2D eigenvalue weighted by molar-refractivity contribution is 5.99. The van der Waals surface area contributed by atoms with Gasteiger partial charge in [-0.3, -0.25) is 24.1 Å². The van der Waals surface area contributed by atoms with Crippen molar-refractivity contribution in [3.63, 3.8) is 0 Å². The first kappa shape index (κ1) is 25.4. The normalized spacial score (nSPS) is 16.6. The van der Waals surface area contributed by atoms with E-state index in [9.17, 15) is 23.2 Å². The van der Waals surface area contributed by atoms with Gasteiger partial charge >= 0.3 is 0 Å². The van der Waals surface area contributed by atoms with E-state index in [0.29, 0.717) is 13.1 Å². The maximum absolute atomic E-state index is 14.1. The average Bonchev–Trinajstić information content (AvgIpc) is 2.92. The number of nitrogens with one attached hydrogen (secondary N) is 1. The number of carbonyl (C=O) groups excluding carboxylic acids is 2. The lowest BCUT2D eigenvalue weighted by Gasteiger charge is -2.48. The fourth-order valence-electron chi connectivity index (χ4n) is 5.03. The number of nitrogens with zero attached hydrogens (tertiary/aromatic N) is 3. The van der Waals surface area contributed by atoms with Gasteiger partial charge in [-0.2, -0.15) is 0 Å². The van der Waals surface area contributed by atoms with Gasteiger partial charge in [0.25, 0.3) is 11.8 Å². The molecule has 0 unspecified atom stereocenters. The molecule has 0 spiro atoms. The van der Waals surface area contributed by atoms with Gasteiger partial charge in [0.05, 0.1) is 0 Å².